The molecule has 2 aromatic heterocycles. The van der Waals surface area contributed by atoms with Gasteiger partial charge in [0.25, 0.3) is 0 Å². The molecule has 0 bridgehead atoms. The molecule has 3 aromatic rings. The van der Waals surface area contributed by atoms with E-state index in [0.29, 0.717) is 54.0 Å². The fourth-order valence-corrected chi connectivity index (χ4v) is 3.76. The quantitative estimate of drug-likeness (QED) is 0.612. The Bertz CT molecular complexity index is 1090. The number of aromatic amines is 1. The highest BCUT2D eigenvalue weighted by molar-refractivity contribution is 6.33. The number of halogens is 4. The normalized spacial score (nSPS) is 15.6. The number of quaternary nitrogens is 1. The predicted molar refractivity (Wildman–Crippen MR) is 104 cm³/mol. The maximum absolute atomic E-state index is 12.9. The van der Waals surface area contributed by atoms with Crippen molar-refractivity contribution in [3.05, 3.63) is 46.6 Å². The first kappa shape index (κ1) is 20.4. The summed E-state index contributed by atoms with van der Waals surface area (Å²) in [5.41, 5.74) is 0.422. The number of nitrogens with zero attached hydrogens (tertiary/aromatic N) is 3. The summed E-state index contributed by atoms with van der Waals surface area (Å²) in [4.78, 5) is 26.4. The van der Waals surface area contributed by atoms with Crippen LogP contribution in [0.15, 0.2) is 30.5 Å². The zero-order chi connectivity index (χ0) is 21.5. The van der Waals surface area contributed by atoms with Gasteiger partial charge in [-0.2, -0.15) is 18.2 Å². The van der Waals surface area contributed by atoms with Crippen LogP contribution >= 0.6 is 11.6 Å². The number of hydrogen-bond acceptors (Lipinski definition) is 5. The van der Waals surface area contributed by atoms with Crippen molar-refractivity contribution in [2.24, 2.45) is 0 Å². The molecule has 158 valence electrons. The Morgan fingerprint density at radius 1 is 1.27 bits per heavy atom. The molecular weight excluding hydrogens is 423 g/mol. The number of hydrogen-bond donors (Lipinski definition) is 2. The second-order valence-electron chi connectivity index (χ2n) is 6.93. The van der Waals surface area contributed by atoms with E-state index in [2.05, 4.69) is 19.7 Å². The molecule has 0 atom stereocenters. The molecule has 0 unspecified atom stereocenters. The monoisotopic (exact) mass is 440 g/mol. The van der Waals surface area contributed by atoms with Gasteiger partial charge in [-0.25, -0.2) is 9.78 Å². The Balaban J connectivity index is 1.47. The zero-order valence-corrected chi connectivity index (χ0v) is 16.6. The summed E-state index contributed by atoms with van der Waals surface area (Å²) in [5.74, 6) is 0.663. The molecular formula is C19H18ClF3N5O2+. The van der Waals surface area contributed by atoms with E-state index >= 15 is 0 Å². The molecule has 1 fully saturated rings. The number of benzene rings is 1. The standard InChI is InChI=1S/C19H17ClF3N5O2/c1-30-17(29)11-8-13(20)16(24-10-11)27-4-6-28(7-5-27)18-25-14-3-2-12(19(21,22)23)9-15(14)26-18/h2-3,8-10H,4-7H2,1H3,(H,25,26)/p+1. The van der Waals surface area contributed by atoms with E-state index in [-0.39, 0.29) is 5.56 Å². The van der Waals surface area contributed by atoms with E-state index in [0.717, 1.165) is 17.0 Å². The molecule has 2 N–H and O–H groups in total. The van der Waals surface area contributed by atoms with Crippen LogP contribution in [0.2, 0.25) is 5.02 Å². The van der Waals surface area contributed by atoms with E-state index in [9.17, 15) is 18.0 Å². The van der Waals surface area contributed by atoms with Crippen LogP contribution < -0.4 is 9.80 Å². The molecule has 3 heterocycles. The lowest BCUT2D eigenvalue weighted by Gasteiger charge is -2.31. The van der Waals surface area contributed by atoms with Gasteiger partial charge in [0.2, 0.25) is 0 Å². The molecule has 0 amide bonds. The first-order chi connectivity index (χ1) is 14.3. The highest BCUT2D eigenvalue weighted by Crippen LogP contribution is 2.31. The van der Waals surface area contributed by atoms with E-state index < -0.39 is 17.7 Å². The molecule has 1 aliphatic heterocycles. The molecule has 30 heavy (non-hydrogen) atoms. The largest absolute Gasteiger partial charge is 0.465 e. The van der Waals surface area contributed by atoms with Crippen LogP contribution in [0.4, 0.5) is 24.9 Å². The van der Waals surface area contributed by atoms with Crippen LogP contribution in [0.5, 0.6) is 0 Å². The van der Waals surface area contributed by atoms with Crippen LogP contribution in [0.3, 0.4) is 0 Å². The van der Waals surface area contributed by atoms with Crippen molar-refractivity contribution in [3.63, 3.8) is 0 Å². The van der Waals surface area contributed by atoms with E-state index in [1.807, 2.05) is 4.90 Å². The van der Waals surface area contributed by atoms with Gasteiger partial charge >= 0.3 is 18.1 Å². The SMILES string of the molecule is COC(=O)c1cnc(N2CC[NH+](c3nc4ccc(C(F)(F)F)cc4[nH]3)CC2)c(Cl)c1. The number of rotatable bonds is 3. The third-order valence-electron chi connectivity index (χ3n) is 5.05. The number of esters is 1. The van der Waals surface area contributed by atoms with Crippen molar-refractivity contribution in [2.45, 2.75) is 6.18 Å². The van der Waals surface area contributed by atoms with Crippen molar-refractivity contribution < 1.29 is 27.6 Å². The first-order valence-electron chi connectivity index (χ1n) is 9.17. The van der Waals surface area contributed by atoms with Gasteiger partial charge in [0.05, 0.1) is 47.4 Å². The molecule has 0 radical (unpaired) electrons. The Morgan fingerprint density at radius 2 is 2.00 bits per heavy atom. The van der Waals surface area contributed by atoms with Gasteiger partial charge in [-0.3, -0.25) is 9.88 Å². The number of anilines is 1. The van der Waals surface area contributed by atoms with Crippen molar-refractivity contribution in [2.75, 3.05) is 38.2 Å². The minimum absolute atomic E-state index is 0.274. The topological polar surface area (TPSA) is 75.5 Å². The van der Waals surface area contributed by atoms with Gasteiger partial charge in [-0.05, 0) is 24.3 Å². The van der Waals surface area contributed by atoms with E-state index in [1.165, 1.54) is 25.4 Å². The lowest BCUT2D eigenvalue weighted by atomic mass is 10.2. The maximum atomic E-state index is 12.9. The molecule has 11 heteroatoms. The third-order valence-corrected chi connectivity index (χ3v) is 5.33. The Labute approximate surface area is 174 Å². The highest BCUT2D eigenvalue weighted by Gasteiger charge is 2.31. The molecule has 7 nitrogen and oxygen atoms in total. The van der Waals surface area contributed by atoms with Crippen LogP contribution in [-0.2, 0) is 10.9 Å². The number of carbonyl (C=O) groups is 1. The number of piperazine rings is 1. The maximum Gasteiger partial charge on any atom is 0.416 e. The summed E-state index contributed by atoms with van der Waals surface area (Å²) < 4.78 is 43.4. The number of ether oxygens (including phenoxy) is 1. The number of carbonyl (C=O) groups excluding carboxylic acids is 1. The molecule has 1 aliphatic rings. The second kappa shape index (κ2) is 7.77. The molecule has 0 spiro atoms. The number of H-pyrrole nitrogens is 1. The van der Waals surface area contributed by atoms with Crippen molar-refractivity contribution in [1.82, 2.24) is 15.0 Å². The Morgan fingerprint density at radius 3 is 2.63 bits per heavy atom. The van der Waals surface area contributed by atoms with Gasteiger partial charge in [0.1, 0.15) is 18.9 Å². The van der Waals surface area contributed by atoms with Gasteiger partial charge in [-0.1, -0.05) is 11.6 Å². The molecule has 1 saturated heterocycles. The van der Waals surface area contributed by atoms with Gasteiger partial charge in [0.15, 0.2) is 0 Å². The summed E-state index contributed by atoms with van der Waals surface area (Å²) >= 11 is 6.29. The highest BCUT2D eigenvalue weighted by atomic mass is 35.5. The smallest absolute Gasteiger partial charge is 0.416 e. The summed E-state index contributed by atoms with van der Waals surface area (Å²) in [6.07, 6.45) is -2.97. The van der Waals surface area contributed by atoms with Crippen LogP contribution in [0, 0.1) is 0 Å². The van der Waals surface area contributed by atoms with Crippen molar-refractivity contribution in [1.29, 1.82) is 0 Å². The Kier molecular flexibility index (Phi) is 5.29. The Hall–Kier alpha value is -2.85. The van der Waals surface area contributed by atoms with Crippen LogP contribution in [0.1, 0.15) is 15.9 Å². The fourth-order valence-electron chi connectivity index (χ4n) is 3.47. The molecule has 0 saturated carbocycles. The number of imidazole rings is 1. The first-order valence-corrected chi connectivity index (χ1v) is 9.55. The summed E-state index contributed by atoms with van der Waals surface area (Å²) in [5, 5.41) is 0.352. The van der Waals surface area contributed by atoms with Gasteiger partial charge < -0.3 is 9.64 Å². The van der Waals surface area contributed by atoms with Gasteiger partial charge in [-0.15, -0.1) is 0 Å². The summed E-state index contributed by atoms with van der Waals surface area (Å²) in [6.45, 7) is 2.54. The predicted octanol–water partition coefficient (Wildman–Crippen LogP) is 2.45. The molecule has 1 aromatic carbocycles. The molecule has 4 rings (SSSR count). The van der Waals surface area contributed by atoms with Crippen LogP contribution in [0.25, 0.3) is 11.0 Å². The minimum Gasteiger partial charge on any atom is -0.465 e. The van der Waals surface area contributed by atoms with Crippen molar-refractivity contribution >= 4 is 40.4 Å². The third kappa shape index (κ3) is 3.92. The zero-order valence-electron chi connectivity index (χ0n) is 15.9. The average molecular weight is 441 g/mol. The lowest BCUT2D eigenvalue weighted by Crippen LogP contribution is -3.10. The van der Waals surface area contributed by atoms with Gasteiger partial charge in [0, 0.05) is 6.20 Å². The second-order valence-corrected chi connectivity index (χ2v) is 7.33. The van der Waals surface area contributed by atoms with E-state index in [1.54, 1.807) is 0 Å². The summed E-state index contributed by atoms with van der Waals surface area (Å²) in [6, 6.07) is 5.01. The fraction of sp³-hybridized carbons (Fsp3) is 0.316. The number of pyridine rings is 1. The number of methoxy groups -OCH3 is 1. The summed E-state index contributed by atoms with van der Waals surface area (Å²) in [7, 11) is 1.29. The van der Waals surface area contributed by atoms with Crippen LogP contribution in [-0.4, -0.2) is 54.2 Å². The number of nitrogens with one attached hydrogen (secondary N) is 2. The molecule has 0 aliphatic carbocycles. The number of aromatic nitrogens is 3. The van der Waals surface area contributed by atoms with Crippen molar-refractivity contribution in [3.8, 4) is 0 Å². The minimum atomic E-state index is -4.40. The lowest BCUT2D eigenvalue weighted by molar-refractivity contribution is -0.838. The average Bonchev–Trinajstić information content (AvgIpc) is 3.16. The number of alkyl halides is 3. The van der Waals surface area contributed by atoms with E-state index in [4.69, 9.17) is 11.6 Å². The number of fused-ring (bicyclic) bond motifs is 1.